The molecule has 1 aliphatic carbocycles. The van der Waals surface area contributed by atoms with Gasteiger partial charge in [0.2, 0.25) is 0 Å². The van der Waals surface area contributed by atoms with Gasteiger partial charge < -0.3 is 5.32 Å². The Kier molecular flexibility index (Phi) is 1.10. The third kappa shape index (κ3) is 0.977. The molecule has 1 nitrogen and oxygen atoms in total. The van der Waals surface area contributed by atoms with Crippen LogP contribution in [0.25, 0.3) is 0 Å². The second-order valence-electron chi connectivity index (χ2n) is 1.78. The van der Waals surface area contributed by atoms with Gasteiger partial charge in [0.05, 0.1) is 0 Å². The Hall–Kier alpha value is -0.0400. The molecule has 0 saturated heterocycles. The number of hydrogen-bond donors (Lipinski definition) is 1. The fraction of sp³-hybridized carbons (Fsp3) is 0.800. The van der Waals surface area contributed by atoms with Gasteiger partial charge in [0, 0.05) is 6.54 Å². The standard InChI is InChI=1S/C5H10N/c1-6-4-5-2-3-5/h6H,2-4H2,1H3. The lowest BCUT2D eigenvalue weighted by molar-refractivity contribution is 0.862. The number of hydrogen-bond acceptors (Lipinski definition) is 1. The van der Waals surface area contributed by atoms with Gasteiger partial charge in [-0.2, -0.15) is 0 Å². The van der Waals surface area contributed by atoms with E-state index >= 15 is 0 Å². The van der Waals surface area contributed by atoms with Gasteiger partial charge in [-0.05, 0) is 25.8 Å². The van der Waals surface area contributed by atoms with Crippen molar-refractivity contribution in [1.29, 1.82) is 0 Å². The van der Waals surface area contributed by atoms with E-state index in [0.29, 0.717) is 0 Å². The van der Waals surface area contributed by atoms with Gasteiger partial charge in [0.1, 0.15) is 0 Å². The summed E-state index contributed by atoms with van der Waals surface area (Å²) in [6.07, 6.45) is 2.75. The third-order valence-electron chi connectivity index (χ3n) is 1.03. The fourth-order valence-corrected chi connectivity index (χ4v) is 0.515. The average molecular weight is 84.1 g/mol. The first-order chi connectivity index (χ1) is 2.93. The van der Waals surface area contributed by atoms with Crippen molar-refractivity contribution in [1.82, 2.24) is 5.32 Å². The minimum absolute atomic E-state index is 1.15. The molecule has 1 heteroatoms. The van der Waals surface area contributed by atoms with Crippen molar-refractivity contribution in [2.75, 3.05) is 13.6 Å². The van der Waals surface area contributed by atoms with Crippen molar-refractivity contribution < 1.29 is 0 Å². The van der Waals surface area contributed by atoms with Crippen LogP contribution >= 0.6 is 0 Å². The Morgan fingerprint density at radius 1 is 1.67 bits per heavy atom. The van der Waals surface area contributed by atoms with E-state index in [4.69, 9.17) is 0 Å². The maximum atomic E-state index is 3.09. The molecule has 1 fully saturated rings. The summed E-state index contributed by atoms with van der Waals surface area (Å²) in [4.78, 5) is 0. The summed E-state index contributed by atoms with van der Waals surface area (Å²) in [5.74, 6) is 1.68. The molecule has 0 unspecified atom stereocenters. The van der Waals surface area contributed by atoms with Crippen LogP contribution < -0.4 is 5.32 Å². The molecule has 0 aromatic rings. The average Bonchev–Trinajstić information content (AvgIpc) is 2.21. The predicted octanol–water partition coefficient (Wildman–Crippen LogP) is 0.574. The van der Waals surface area contributed by atoms with Crippen molar-refractivity contribution >= 4 is 0 Å². The zero-order valence-corrected chi connectivity index (χ0v) is 4.12. The van der Waals surface area contributed by atoms with Crippen LogP contribution in [0.3, 0.4) is 0 Å². The molecule has 1 rings (SSSR count). The molecule has 6 heavy (non-hydrogen) atoms. The maximum absolute atomic E-state index is 3.09. The molecule has 0 amide bonds. The quantitative estimate of drug-likeness (QED) is 0.516. The van der Waals surface area contributed by atoms with Crippen LogP contribution in [-0.4, -0.2) is 13.6 Å². The van der Waals surface area contributed by atoms with Gasteiger partial charge in [-0.25, -0.2) is 0 Å². The Bertz CT molecular complexity index is 39.2. The molecule has 1 N–H and O–H groups in total. The van der Waals surface area contributed by atoms with Crippen LogP contribution in [0.1, 0.15) is 12.8 Å². The van der Waals surface area contributed by atoms with Gasteiger partial charge in [-0.3, -0.25) is 0 Å². The van der Waals surface area contributed by atoms with Gasteiger partial charge in [-0.15, -0.1) is 0 Å². The van der Waals surface area contributed by atoms with Crippen molar-refractivity contribution in [2.24, 2.45) is 0 Å². The van der Waals surface area contributed by atoms with Crippen molar-refractivity contribution in [3.8, 4) is 0 Å². The van der Waals surface area contributed by atoms with E-state index in [9.17, 15) is 0 Å². The summed E-state index contributed by atoms with van der Waals surface area (Å²) in [5.41, 5.74) is 0. The zero-order chi connectivity index (χ0) is 4.41. The summed E-state index contributed by atoms with van der Waals surface area (Å²) in [6, 6.07) is 0. The van der Waals surface area contributed by atoms with E-state index in [1.807, 2.05) is 7.05 Å². The summed E-state index contributed by atoms with van der Waals surface area (Å²) in [6.45, 7) is 1.15. The Balaban J connectivity index is 1.88. The zero-order valence-electron chi connectivity index (χ0n) is 4.12. The van der Waals surface area contributed by atoms with E-state index in [0.717, 1.165) is 6.54 Å². The Morgan fingerprint density at radius 2 is 2.33 bits per heavy atom. The molecule has 0 aromatic carbocycles. The van der Waals surface area contributed by atoms with E-state index < -0.39 is 0 Å². The first-order valence-corrected chi connectivity index (χ1v) is 2.41. The topological polar surface area (TPSA) is 12.0 Å². The lowest BCUT2D eigenvalue weighted by Gasteiger charge is -1.86. The number of rotatable bonds is 2. The van der Waals surface area contributed by atoms with Crippen molar-refractivity contribution in [3.63, 3.8) is 0 Å². The van der Waals surface area contributed by atoms with Crippen LogP contribution in [0.15, 0.2) is 0 Å². The van der Waals surface area contributed by atoms with Gasteiger partial charge >= 0.3 is 0 Å². The smallest absolute Gasteiger partial charge is 0.00106 e. The summed E-state index contributed by atoms with van der Waals surface area (Å²) in [5, 5.41) is 3.09. The molecular weight excluding hydrogens is 74.1 g/mol. The molecule has 1 aliphatic rings. The first kappa shape index (κ1) is 4.13. The van der Waals surface area contributed by atoms with Crippen LogP contribution in [0, 0.1) is 5.92 Å². The minimum Gasteiger partial charge on any atom is -0.319 e. The molecule has 35 valence electrons. The van der Waals surface area contributed by atoms with Crippen LogP contribution in [-0.2, 0) is 0 Å². The van der Waals surface area contributed by atoms with E-state index in [1.165, 1.54) is 12.8 Å². The lowest BCUT2D eigenvalue weighted by Crippen LogP contribution is -2.07. The molecule has 0 aromatic heterocycles. The van der Waals surface area contributed by atoms with Gasteiger partial charge in [0.15, 0.2) is 0 Å². The van der Waals surface area contributed by atoms with E-state index in [2.05, 4.69) is 5.32 Å². The Morgan fingerprint density at radius 3 is 2.50 bits per heavy atom. The highest BCUT2D eigenvalue weighted by atomic mass is 14.8. The molecule has 0 aliphatic heterocycles. The van der Waals surface area contributed by atoms with E-state index in [-0.39, 0.29) is 0 Å². The summed E-state index contributed by atoms with van der Waals surface area (Å²) >= 11 is 0. The number of nitrogens with one attached hydrogen (secondary N) is 1. The molecule has 1 radical (unpaired) electrons. The highest BCUT2D eigenvalue weighted by Gasteiger charge is 2.19. The van der Waals surface area contributed by atoms with Gasteiger partial charge in [0.25, 0.3) is 0 Å². The van der Waals surface area contributed by atoms with E-state index in [1.54, 1.807) is 5.92 Å². The molecule has 0 bridgehead atoms. The third-order valence-corrected chi connectivity index (χ3v) is 1.03. The molecule has 0 atom stereocenters. The SMILES string of the molecule is CNC[C]1CC1. The second kappa shape index (κ2) is 1.61. The van der Waals surface area contributed by atoms with Crippen LogP contribution in [0.2, 0.25) is 0 Å². The predicted molar refractivity (Wildman–Crippen MR) is 26.4 cm³/mol. The molecule has 0 heterocycles. The summed E-state index contributed by atoms with van der Waals surface area (Å²) < 4.78 is 0. The minimum atomic E-state index is 1.15. The first-order valence-electron chi connectivity index (χ1n) is 2.41. The lowest BCUT2D eigenvalue weighted by atomic mass is 10.4. The maximum Gasteiger partial charge on any atom is 0.00106 e. The monoisotopic (exact) mass is 84.1 g/mol. The highest BCUT2D eigenvalue weighted by molar-refractivity contribution is 5.06. The largest absolute Gasteiger partial charge is 0.319 e. The molecular formula is C5H10N. The normalized spacial score (nSPS) is 21.5. The van der Waals surface area contributed by atoms with Crippen LogP contribution in [0.4, 0.5) is 0 Å². The van der Waals surface area contributed by atoms with Crippen molar-refractivity contribution in [2.45, 2.75) is 12.8 Å². The molecule has 0 spiro atoms. The van der Waals surface area contributed by atoms with Gasteiger partial charge in [-0.1, -0.05) is 0 Å². The van der Waals surface area contributed by atoms with Crippen molar-refractivity contribution in [3.05, 3.63) is 5.92 Å². The van der Waals surface area contributed by atoms with Crippen LogP contribution in [0.5, 0.6) is 0 Å². The highest BCUT2D eigenvalue weighted by Crippen LogP contribution is 2.30. The summed E-state index contributed by atoms with van der Waals surface area (Å²) in [7, 11) is 1.99. The Labute approximate surface area is 38.7 Å². The fourth-order valence-electron chi connectivity index (χ4n) is 0.515. The molecule has 1 saturated carbocycles. The second-order valence-corrected chi connectivity index (χ2v) is 1.78.